The van der Waals surface area contributed by atoms with Crippen LogP contribution in [0.3, 0.4) is 0 Å². The Hall–Kier alpha value is -2.67. The highest BCUT2D eigenvalue weighted by atomic mass is 79.9. The summed E-state index contributed by atoms with van der Waals surface area (Å²) in [7, 11) is 0. The highest BCUT2D eigenvalue weighted by Gasteiger charge is 2.14. The van der Waals surface area contributed by atoms with E-state index in [4.69, 9.17) is 4.74 Å². The van der Waals surface area contributed by atoms with Gasteiger partial charge in [-0.2, -0.15) is 0 Å². The molecule has 2 aromatic carbocycles. The maximum Gasteiger partial charge on any atom is 0.244 e. The molecular formula is C20H18BrFN2O3. The van der Waals surface area contributed by atoms with Crippen LogP contribution in [0.25, 0.3) is 6.08 Å². The molecule has 0 saturated carbocycles. The number of carbonyl (C=O) groups is 2. The Labute approximate surface area is 164 Å². The predicted molar refractivity (Wildman–Crippen MR) is 105 cm³/mol. The molecule has 0 fully saturated rings. The van der Waals surface area contributed by atoms with Crippen molar-refractivity contribution in [1.82, 2.24) is 5.32 Å². The third kappa shape index (κ3) is 5.40. The Morgan fingerprint density at radius 2 is 2.11 bits per heavy atom. The molecule has 0 bridgehead atoms. The molecule has 3 rings (SSSR count). The first-order valence-electron chi connectivity index (χ1n) is 8.48. The number of amides is 2. The summed E-state index contributed by atoms with van der Waals surface area (Å²) in [4.78, 5) is 23.2. The van der Waals surface area contributed by atoms with Gasteiger partial charge in [0.25, 0.3) is 0 Å². The summed E-state index contributed by atoms with van der Waals surface area (Å²) >= 11 is 3.26. The van der Waals surface area contributed by atoms with Gasteiger partial charge in [0, 0.05) is 28.2 Å². The maximum absolute atomic E-state index is 13.6. The van der Waals surface area contributed by atoms with Gasteiger partial charge in [-0.1, -0.05) is 15.9 Å². The van der Waals surface area contributed by atoms with Gasteiger partial charge in [0.05, 0.1) is 6.54 Å². The van der Waals surface area contributed by atoms with Crippen LogP contribution in [0.1, 0.15) is 17.5 Å². The van der Waals surface area contributed by atoms with Crippen molar-refractivity contribution in [3.8, 4) is 5.75 Å². The average molecular weight is 433 g/mol. The molecule has 27 heavy (non-hydrogen) atoms. The van der Waals surface area contributed by atoms with Crippen LogP contribution in [0.5, 0.6) is 5.75 Å². The molecule has 1 aliphatic heterocycles. The summed E-state index contributed by atoms with van der Waals surface area (Å²) < 4.78 is 20.0. The van der Waals surface area contributed by atoms with Gasteiger partial charge in [-0.3, -0.25) is 9.59 Å². The van der Waals surface area contributed by atoms with E-state index in [1.807, 2.05) is 12.1 Å². The molecule has 2 amide bonds. The number of halogens is 2. The number of carbonyl (C=O) groups excluding carboxylic acids is 2. The van der Waals surface area contributed by atoms with Gasteiger partial charge in [0.15, 0.2) is 0 Å². The lowest BCUT2D eigenvalue weighted by molar-refractivity contribution is -0.117. The molecule has 1 aliphatic rings. The van der Waals surface area contributed by atoms with Crippen LogP contribution in [-0.4, -0.2) is 25.0 Å². The molecule has 0 atom stereocenters. The number of anilines is 1. The molecule has 2 aromatic rings. The number of aryl methyl sites for hydroxylation is 1. The van der Waals surface area contributed by atoms with Gasteiger partial charge in [-0.15, -0.1) is 0 Å². The summed E-state index contributed by atoms with van der Waals surface area (Å²) in [6.07, 6.45) is 3.87. The van der Waals surface area contributed by atoms with Crippen molar-refractivity contribution in [1.29, 1.82) is 0 Å². The fourth-order valence-corrected chi connectivity index (χ4v) is 3.04. The molecule has 0 aliphatic carbocycles. The average Bonchev–Trinajstić information content (AvgIpc) is 2.66. The van der Waals surface area contributed by atoms with Crippen molar-refractivity contribution in [2.75, 3.05) is 18.5 Å². The van der Waals surface area contributed by atoms with Gasteiger partial charge in [-0.05, 0) is 54.5 Å². The smallest absolute Gasteiger partial charge is 0.244 e. The van der Waals surface area contributed by atoms with E-state index in [2.05, 4.69) is 26.6 Å². The van der Waals surface area contributed by atoms with Crippen LogP contribution in [0.2, 0.25) is 0 Å². The molecule has 1 heterocycles. The minimum Gasteiger partial charge on any atom is -0.492 e. The summed E-state index contributed by atoms with van der Waals surface area (Å²) in [6.45, 7) is 0.619. The summed E-state index contributed by atoms with van der Waals surface area (Å²) in [5, 5.41) is 5.50. The largest absolute Gasteiger partial charge is 0.492 e. The second kappa shape index (κ2) is 8.81. The summed E-state index contributed by atoms with van der Waals surface area (Å²) in [6, 6.07) is 10.0. The van der Waals surface area contributed by atoms with Crippen molar-refractivity contribution < 1.29 is 18.7 Å². The highest BCUT2D eigenvalue weighted by molar-refractivity contribution is 9.10. The van der Waals surface area contributed by atoms with Crippen molar-refractivity contribution in [2.24, 2.45) is 0 Å². The molecule has 2 N–H and O–H groups in total. The molecule has 0 aromatic heterocycles. The first-order valence-corrected chi connectivity index (χ1v) is 9.27. The van der Waals surface area contributed by atoms with E-state index in [1.54, 1.807) is 18.2 Å². The third-order valence-electron chi connectivity index (χ3n) is 4.01. The van der Waals surface area contributed by atoms with E-state index >= 15 is 0 Å². The van der Waals surface area contributed by atoms with E-state index < -0.39 is 5.82 Å². The van der Waals surface area contributed by atoms with Crippen LogP contribution in [0.15, 0.2) is 46.9 Å². The monoisotopic (exact) mass is 432 g/mol. The zero-order chi connectivity index (χ0) is 19.2. The molecule has 0 radical (unpaired) electrons. The van der Waals surface area contributed by atoms with E-state index in [0.29, 0.717) is 37.3 Å². The lowest BCUT2D eigenvalue weighted by atomic mass is 10.0. The lowest BCUT2D eigenvalue weighted by Crippen LogP contribution is -2.26. The van der Waals surface area contributed by atoms with Crippen molar-refractivity contribution in [3.63, 3.8) is 0 Å². The summed E-state index contributed by atoms with van der Waals surface area (Å²) in [5.74, 6) is -0.0131. The summed E-state index contributed by atoms with van der Waals surface area (Å²) in [5.41, 5.74) is 2.18. The zero-order valence-electron chi connectivity index (χ0n) is 14.4. The van der Waals surface area contributed by atoms with Crippen LogP contribution in [0, 0.1) is 5.82 Å². The molecule has 5 nitrogen and oxygen atoms in total. The molecule has 7 heteroatoms. The van der Waals surface area contributed by atoms with E-state index in [1.165, 1.54) is 18.2 Å². The molecule has 0 saturated heterocycles. The van der Waals surface area contributed by atoms with Crippen LogP contribution < -0.4 is 15.4 Å². The molecule has 0 unspecified atom stereocenters. The second-order valence-electron chi connectivity index (χ2n) is 6.01. The highest BCUT2D eigenvalue weighted by Crippen LogP contribution is 2.26. The number of rotatable bonds is 6. The predicted octanol–water partition coefficient (Wildman–Crippen LogP) is 3.68. The van der Waals surface area contributed by atoms with Gasteiger partial charge < -0.3 is 15.4 Å². The molecule has 0 spiro atoms. The van der Waals surface area contributed by atoms with Crippen LogP contribution >= 0.6 is 15.9 Å². The van der Waals surface area contributed by atoms with Crippen LogP contribution in [0.4, 0.5) is 10.1 Å². The van der Waals surface area contributed by atoms with E-state index in [-0.39, 0.29) is 11.8 Å². The van der Waals surface area contributed by atoms with Gasteiger partial charge in [0.1, 0.15) is 18.2 Å². The topological polar surface area (TPSA) is 67.4 Å². The van der Waals surface area contributed by atoms with Crippen LogP contribution in [-0.2, 0) is 16.0 Å². The van der Waals surface area contributed by atoms with Crippen molar-refractivity contribution >= 4 is 39.5 Å². The SMILES string of the molecule is O=C(/C=C/c1cc(Br)ccc1F)NCCOc1ccc2c(c1)CCC(=O)N2. The number of fused-ring (bicyclic) bond motifs is 1. The number of hydrogen-bond donors (Lipinski definition) is 2. The quantitative estimate of drug-likeness (QED) is 0.540. The van der Waals surface area contributed by atoms with E-state index in [9.17, 15) is 14.0 Å². The normalized spacial score (nSPS) is 13.2. The van der Waals surface area contributed by atoms with E-state index in [0.717, 1.165) is 15.7 Å². The number of benzene rings is 2. The minimum absolute atomic E-state index is 0.0228. The second-order valence-corrected chi connectivity index (χ2v) is 6.92. The third-order valence-corrected chi connectivity index (χ3v) is 4.51. The van der Waals surface area contributed by atoms with Crippen molar-refractivity contribution in [2.45, 2.75) is 12.8 Å². The minimum atomic E-state index is -0.394. The van der Waals surface area contributed by atoms with Gasteiger partial charge in [-0.25, -0.2) is 4.39 Å². The fourth-order valence-electron chi connectivity index (χ4n) is 2.66. The standard InChI is InChI=1S/C20H18BrFN2O3/c21-15-3-5-17(22)13(11-15)1-7-19(25)23-9-10-27-16-4-6-18-14(12-16)2-8-20(26)24-18/h1,3-7,11-12H,2,8-10H2,(H,23,25)(H,24,26)/b7-1+. The Morgan fingerprint density at radius 3 is 2.96 bits per heavy atom. The Balaban J connectivity index is 1.45. The first-order chi connectivity index (χ1) is 13.0. The zero-order valence-corrected chi connectivity index (χ0v) is 16.0. The van der Waals surface area contributed by atoms with Crippen molar-refractivity contribution in [3.05, 3.63) is 63.9 Å². The Bertz CT molecular complexity index is 899. The maximum atomic E-state index is 13.6. The number of ether oxygens (including phenoxy) is 1. The Kier molecular flexibility index (Phi) is 6.24. The van der Waals surface area contributed by atoms with Gasteiger partial charge >= 0.3 is 0 Å². The Morgan fingerprint density at radius 1 is 1.26 bits per heavy atom. The number of nitrogens with one attached hydrogen (secondary N) is 2. The number of hydrogen-bond acceptors (Lipinski definition) is 3. The lowest BCUT2D eigenvalue weighted by Gasteiger charge is -2.17. The fraction of sp³-hybridized carbons (Fsp3) is 0.200. The first kappa shape index (κ1) is 19.1. The molecular weight excluding hydrogens is 415 g/mol. The van der Waals surface area contributed by atoms with Gasteiger partial charge in [0.2, 0.25) is 11.8 Å². The molecule has 140 valence electrons.